The molecular weight excluding hydrogens is 230 g/mol. The zero-order valence-electron chi connectivity index (χ0n) is 10.2. The number of aliphatic hydroxyl groups excluding tert-OH is 1. The van der Waals surface area contributed by atoms with Crippen LogP contribution in [-0.4, -0.2) is 28.4 Å². The predicted octanol–water partition coefficient (Wildman–Crippen LogP) is 1.73. The van der Waals surface area contributed by atoms with Crippen LogP contribution in [0.3, 0.4) is 0 Å². The van der Waals surface area contributed by atoms with E-state index >= 15 is 0 Å². The van der Waals surface area contributed by atoms with Gasteiger partial charge in [0, 0.05) is 29.6 Å². The molecule has 0 aliphatic carbocycles. The van der Waals surface area contributed by atoms with Crippen molar-refractivity contribution in [3.05, 3.63) is 35.5 Å². The van der Waals surface area contributed by atoms with Gasteiger partial charge in [-0.2, -0.15) is 0 Å². The summed E-state index contributed by atoms with van der Waals surface area (Å²) in [5.41, 5.74) is 2.50. The molecule has 0 saturated carbocycles. The first-order chi connectivity index (χ1) is 8.72. The highest BCUT2D eigenvalue weighted by molar-refractivity contribution is 6.06. The van der Waals surface area contributed by atoms with Gasteiger partial charge in [-0.25, -0.2) is 4.79 Å². The number of nitrogens with zero attached hydrogens (tertiary/aromatic N) is 1. The Hall–Kier alpha value is -1.81. The van der Waals surface area contributed by atoms with Gasteiger partial charge in [0.1, 0.15) is 0 Å². The summed E-state index contributed by atoms with van der Waals surface area (Å²) in [7, 11) is 0. The van der Waals surface area contributed by atoms with Gasteiger partial charge in [0.15, 0.2) is 0 Å². The van der Waals surface area contributed by atoms with Crippen molar-refractivity contribution in [1.82, 2.24) is 4.57 Å². The van der Waals surface area contributed by atoms with Crippen molar-refractivity contribution in [3.8, 4) is 0 Å². The van der Waals surface area contributed by atoms with Crippen molar-refractivity contribution >= 4 is 16.9 Å². The average Bonchev–Trinajstić information content (AvgIpc) is 2.84. The number of fused-ring (bicyclic) bond motifs is 3. The van der Waals surface area contributed by atoms with E-state index in [4.69, 9.17) is 4.74 Å². The lowest BCUT2D eigenvalue weighted by Gasteiger charge is -2.03. The van der Waals surface area contributed by atoms with Gasteiger partial charge in [-0.15, -0.1) is 0 Å². The fraction of sp³-hybridized carbons (Fsp3) is 0.357. The van der Waals surface area contributed by atoms with Crippen LogP contribution in [0.25, 0.3) is 10.9 Å². The Balaban J connectivity index is 2.23. The molecule has 1 N–H and O–H groups in total. The fourth-order valence-electron chi connectivity index (χ4n) is 2.71. The van der Waals surface area contributed by atoms with Crippen LogP contribution in [0.2, 0.25) is 0 Å². The van der Waals surface area contributed by atoms with Crippen molar-refractivity contribution in [2.75, 3.05) is 6.61 Å². The minimum absolute atomic E-state index is 0.295. The van der Waals surface area contributed by atoms with Crippen LogP contribution in [0.1, 0.15) is 23.0 Å². The molecule has 1 aromatic heterocycles. The summed E-state index contributed by atoms with van der Waals surface area (Å²) < 4.78 is 7.14. The predicted molar refractivity (Wildman–Crippen MR) is 67.6 cm³/mol. The first-order valence-electron chi connectivity index (χ1n) is 6.17. The minimum Gasteiger partial charge on any atom is -0.462 e. The Morgan fingerprint density at radius 1 is 1.50 bits per heavy atom. The molecule has 1 aliphatic rings. The first-order valence-corrected chi connectivity index (χ1v) is 6.17. The van der Waals surface area contributed by atoms with Crippen molar-refractivity contribution in [2.24, 2.45) is 0 Å². The molecule has 18 heavy (non-hydrogen) atoms. The van der Waals surface area contributed by atoms with Gasteiger partial charge in [0.2, 0.25) is 0 Å². The summed E-state index contributed by atoms with van der Waals surface area (Å²) in [6.45, 7) is 2.71. The van der Waals surface area contributed by atoms with Crippen LogP contribution in [0.5, 0.6) is 0 Å². The van der Waals surface area contributed by atoms with Gasteiger partial charge >= 0.3 is 5.97 Å². The molecule has 4 nitrogen and oxygen atoms in total. The number of ether oxygens (including phenoxy) is 1. The van der Waals surface area contributed by atoms with Gasteiger partial charge in [0.25, 0.3) is 0 Å². The van der Waals surface area contributed by atoms with E-state index in [1.807, 2.05) is 28.8 Å². The lowest BCUT2D eigenvalue weighted by Crippen LogP contribution is -2.09. The smallest absolute Gasteiger partial charge is 0.340 e. The van der Waals surface area contributed by atoms with Gasteiger partial charge < -0.3 is 14.4 Å². The molecule has 1 unspecified atom stereocenters. The largest absolute Gasteiger partial charge is 0.462 e. The van der Waals surface area contributed by atoms with Gasteiger partial charge in [-0.1, -0.05) is 18.2 Å². The van der Waals surface area contributed by atoms with Crippen LogP contribution in [0.4, 0.5) is 0 Å². The van der Waals surface area contributed by atoms with E-state index in [0.29, 0.717) is 25.1 Å². The standard InChI is InChI=1S/C14H15NO3/c1-2-18-14(17)13-10-5-3-4-6-11(10)15-8-9(16)7-12(13)15/h3-6,9,16H,2,7-8H2,1H3. The van der Waals surface area contributed by atoms with E-state index in [9.17, 15) is 9.90 Å². The summed E-state index contributed by atoms with van der Waals surface area (Å²) in [6, 6.07) is 7.76. The highest BCUT2D eigenvalue weighted by atomic mass is 16.5. The highest BCUT2D eigenvalue weighted by Crippen LogP contribution is 2.31. The summed E-state index contributed by atoms with van der Waals surface area (Å²) in [6.07, 6.45) is 0.112. The number of benzene rings is 1. The second kappa shape index (κ2) is 4.14. The molecule has 1 atom stereocenters. The number of hydrogen-bond donors (Lipinski definition) is 1. The molecule has 0 fully saturated rings. The summed E-state index contributed by atoms with van der Waals surface area (Å²) in [5.74, 6) is -0.295. The van der Waals surface area contributed by atoms with Crippen LogP contribution in [0.15, 0.2) is 24.3 Å². The molecule has 0 bridgehead atoms. The second-order valence-electron chi connectivity index (χ2n) is 4.53. The lowest BCUT2D eigenvalue weighted by atomic mass is 10.1. The van der Waals surface area contributed by atoms with E-state index < -0.39 is 6.10 Å². The number of esters is 1. The Kier molecular flexibility index (Phi) is 2.59. The van der Waals surface area contributed by atoms with E-state index in [2.05, 4.69) is 0 Å². The molecule has 0 saturated heterocycles. The zero-order valence-corrected chi connectivity index (χ0v) is 10.2. The third-order valence-electron chi connectivity index (χ3n) is 3.38. The Morgan fingerprint density at radius 3 is 3.06 bits per heavy atom. The van der Waals surface area contributed by atoms with Crippen LogP contribution < -0.4 is 0 Å². The molecule has 1 aliphatic heterocycles. The SMILES string of the molecule is CCOC(=O)c1c2n(c3ccccc13)CC(O)C2. The van der Waals surface area contributed by atoms with E-state index in [1.165, 1.54) is 0 Å². The molecule has 2 heterocycles. The van der Waals surface area contributed by atoms with E-state index in [0.717, 1.165) is 16.6 Å². The van der Waals surface area contributed by atoms with Crippen molar-refractivity contribution < 1.29 is 14.6 Å². The van der Waals surface area contributed by atoms with Crippen LogP contribution in [0, 0.1) is 0 Å². The topological polar surface area (TPSA) is 51.5 Å². The maximum absolute atomic E-state index is 12.1. The van der Waals surface area contributed by atoms with Crippen LogP contribution >= 0.6 is 0 Å². The third kappa shape index (κ3) is 1.53. The number of carbonyl (C=O) groups excluding carboxylic acids is 1. The maximum atomic E-state index is 12.1. The Bertz CT molecular complexity index is 615. The molecule has 0 amide bonds. The zero-order chi connectivity index (χ0) is 12.7. The van der Waals surface area contributed by atoms with Crippen molar-refractivity contribution in [3.63, 3.8) is 0 Å². The number of hydrogen-bond acceptors (Lipinski definition) is 3. The monoisotopic (exact) mass is 245 g/mol. The number of rotatable bonds is 2. The first kappa shape index (κ1) is 11.3. The number of carbonyl (C=O) groups is 1. The number of aliphatic hydroxyl groups is 1. The molecule has 2 aromatic rings. The van der Waals surface area contributed by atoms with E-state index in [1.54, 1.807) is 6.92 Å². The average molecular weight is 245 g/mol. The molecular formula is C14H15NO3. The molecule has 3 rings (SSSR count). The van der Waals surface area contributed by atoms with Gasteiger partial charge in [0.05, 0.1) is 18.3 Å². The second-order valence-corrected chi connectivity index (χ2v) is 4.53. The van der Waals surface area contributed by atoms with Crippen LogP contribution in [-0.2, 0) is 17.7 Å². The van der Waals surface area contributed by atoms with Crippen molar-refractivity contribution in [1.29, 1.82) is 0 Å². The summed E-state index contributed by atoms with van der Waals surface area (Å²) in [4.78, 5) is 12.1. The normalized spacial score (nSPS) is 18.0. The molecule has 94 valence electrons. The van der Waals surface area contributed by atoms with Gasteiger partial charge in [-0.05, 0) is 13.0 Å². The van der Waals surface area contributed by atoms with Crippen molar-refractivity contribution in [2.45, 2.75) is 26.0 Å². The number of para-hydroxylation sites is 1. The maximum Gasteiger partial charge on any atom is 0.340 e. The molecule has 0 spiro atoms. The molecule has 4 heteroatoms. The Labute approximate surface area is 105 Å². The summed E-state index contributed by atoms with van der Waals surface area (Å²) >= 11 is 0. The Morgan fingerprint density at radius 2 is 2.28 bits per heavy atom. The quantitative estimate of drug-likeness (QED) is 0.820. The number of aromatic nitrogens is 1. The minimum atomic E-state index is -0.405. The highest BCUT2D eigenvalue weighted by Gasteiger charge is 2.29. The van der Waals surface area contributed by atoms with E-state index in [-0.39, 0.29) is 5.97 Å². The molecule has 0 radical (unpaired) electrons. The summed E-state index contributed by atoms with van der Waals surface area (Å²) in [5, 5.41) is 10.7. The third-order valence-corrected chi connectivity index (χ3v) is 3.38. The van der Waals surface area contributed by atoms with Gasteiger partial charge in [-0.3, -0.25) is 0 Å². The fourth-order valence-corrected chi connectivity index (χ4v) is 2.71. The molecule has 1 aromatic carbocycles. The lowest BCUT2D eigenvalue weighted by molar-refractivity contribution is 0.0527.